The largest absolute Gasteiger partial charge is 0.507 e. The Kier molecular flexibility index (Phi) is 4.39. The maximum Gasteiger partial charge on any atom is 0.264 e. The smallest absolute Gasteiger partial charge is 0.264 e. The van der Waals surface area contributed by atoms with Gasteiger partial charge in [0.15, 0.2) is 6.61 Å². The number of aromatic hydroxyl groups is 1. The predicted molar refractivity (Wildman–Crippen MR) is 72.1 cm³/mol. The first-order chi connectivity index (χ1) is 9.74. The summed E-state index contributed by atoms with van der Waals surface area (Å²) in [6.07, 6.45) is 4.71. The maximum absolute atomic E-state index is 9.81. The molecule has 0 aliphatic heterocycles. The Labute approximate surface area is 116 Å². The fraction of sp³-hybridized carbons (Fsp3) is 0.143. The summed E-state index contributed by atoms with van der Waals surface area (Å²) in [6, 6.07) is 4.78. The van der Waals surface area contributed by atoms with Crippen LogP contribution >= 0.6 is 0 Å². The molecule has 1 heterocycles. The summed E-state index contributed by atoms with van der Waals surface area (Å²) in [7, 11) is 1.54. The monoisotopic (exact) mass is 274 g/mol. The highest BCUT2D eigenvalue weighted by Crippen LogP contribution is 2.30. The summed E-state index contributed by atoms with van der Waals surface area (Å²) in [5.41, 5.74) is 0.431. The van der Waals surface area contributed by atoms with Crippen molar-refractivity contribution in [1.29, 1.82) is 0 Å². The lowest BCUT2D eigenvalue weighted by atomic mass is 10.2. The molecule has 0 radical (unpaired) electrons. The number of phenols is 1. The Hall–Kier alpha value is -2.76. The second kappa shape index (κ2) is 6.42. The van der Waals surface area contributed by atoms with Crippen molar-refractivity contribution in [2.75, 3.05) is 7.11 Å². The molecule has 0 amide bonds. The molecule has 6 nitrogen and oxygen atoms in total. The number of methoxy groups -OCH3 is 1. The molecular weight excluding hydrogens is 260 g/mol. The highest BCUT2D eigenvalue weighted by molar-refractivity contribution is 5.65. The summed E-state index contributed by atoms with van der Waals surface area (Å²) >= 11 is 0. The highest BCUT2D eigenvalue weighted by Gasteiger charge is 2.13. The molecule has 6 heteroatoms. The average Bonchev–Trinajstić information content (AvgIpc) is 2.93. The summed E-state index contributed by atoms with van der Waals surface area (Å²) in [5, 5.41) is 13.6. The van der Waals surface area contributed by atoms with Crippen LogP contribution < -0.4 is 4.74 Å². The number of ether oxygens (including phenoxy) is 2. The molecule has 2 rings (SSSR count). The molecule has 0 unspecified atom stereocenters. The van der Waals surface area contributed by atoms with E-state index in [4.69, 9.17) is 14.0 Å². The number of rotatable bonds is 6. The molecule has 2 aromatic rings. The minimum atomic E-state index is 0.0469. The van der Waals surface area contributed by atoms with Gasteiger partial charge in [0.25, 0.3) is 5.89 Å². The third-order valence-corrected chi connectivity index (χ3v) is 2.43. The molecule has 0 aliphatic rings. The molecule has 0 saturated heterocycles. The highest BCUT2D eigenvalue weighted by atomic mass is 16.5. The van der Waals surface area contributed by atoms with Gasteiger partial charge in [0.1, 0.15) is 11.5 Å². The first kappa shape index (κ1) is 13.7. The number of hydrogen-bond donors (Lipinski definition) is 1. The van der Waals surface area contributed by atoms with Crippen LogP contribution in [0.15, 0.2) is 47.7 Å². The summed E-state index contributed by atoms with van der Waals surface area (Å²) < 4.78 is 15.3. The zero-order valence-corrected chi connectivity index (χ0v) is 10.9. The van der Waals surface area contributed by atoms with Crippen molar-refractivity contribution in [2.45, 2.75) is 6.61 Å². The Morgan fingerprint density at radius 3 is 3.05 bits per heavy atom. The van der Waals surface area contributed by atoms with E-state index in [-0.39, 0.29) is 18.2 Å². The van der Waals surface area contributed by atoms with E-state index in [0.717, 1.165) is 0 Å². The number of benzene rings is 1. The average molecular weight is 274 g/mol. The Morgan fingerprint density at radius 1 is 1.45 bits per heavy atom. The van der Waals surface area contributed by atoms with Crippen LogP contribution in [-0.4, -0.2) is 22.4 Å². The molecular formula is C14H14N2O4. The number of nitrogens with zero attached hydrogens (tertiary/aromatic N) is 2. The summed E-state index contributed by atoms with van der Waals surface area (Å²) in [5.74, 6) is 1.21. The van der Waals surface area contributed by atoms with E-state index in [2.05, 4.69) is 16.7 Å². The lowest BCUT2D eigenvalue weighted by Crippen LogP contribution is -1.88. The van der Waals surface area contributed by atoms with E-state index in [1.165, 1.54) is 19.4 Å². The van der Waals surface area contributed by atoms with Gasteiger partial charge in [-0.1, -0.05) is 17.8 Å². The maximum atomic E-state index is 9.81. The van der Waals surface area contributed by atoms with Crippen molar-refractivity contribution >= 4 is 0 Å². The van der Waals surface area contributed by atoms with Crippen LogP contribution in [0.1, 0.15) is 5.89 Å². The topological polar surface area (TPSA) is 77.6 Å². The van der Waals surface area contributed by atoms with Gasteiger partial charge in [-0.3, -0.25) is 0 Å². The van der Waals surface area contributed by atoms with E-state index >= 15 is 0 Å². The molecule has 0 atom stereocenters. The van der Waals surface area contributed by atoms with E-state index in [0.29, 0.717) is 17.2 Å². The van der Waals surface area contributed by atoms with Crippen LogP contribution in [0.4, 0.5) is 0 Å². The SMILES string of the molecule is C=C/C=C\OCc1nc(-c2cc(OC)ccc2O)no1. The van der Waals surface area contributed by atoms with Crippen molar-refractivity contribution in [3.63, 3.8) is 0 Å². The standard InChI is InChI=1S/C14H14N2O4/c1-3-4-7-19-9-13-15-14(16-20-13)11-8-10(18-2)5-6-12(11)17/h3-8,17H,1,9H2,2H3/b7-4-. The number of phenolic OH excluding ortho intramolecular Hbond substituents is 1. The van der Waals surface area contributed by atoms with Crippen LogP contribution in [0.2, 0.25) is 0 Å². The Morgan fingerprint density at radius 2 is 2.30 bits per heavy atom. The van der Waals surface area contributed by atoms with Gasteiger partial charge in [0.2, 0.25) is 5.82 Å². The van der Waals surface area contributed by atoms with Gasteiger partial charge in [-0.15, -0.1) is 0 Å². The van der Waals surface area contributed by atoms with E-state index in [9.17, 15) is 5.11 Å². The molecule has 1 N–H and O–H groups in total. The van der Waals surface area contributed by atoms with E-state index in [1.54, 1.807) is 24.3 Å². The van der Waals surface area contributed by atoms with Crippen molar-refractivity contribution in [3.8, 4) is 22.9 Å². The lowest BCUT2D eigenvalue weighted by Gasteiger charge is -2.03. The number of hydrogen-bond acceptors (Lipinski definition) is 6. The summed E-state index contributed by atoms with van der Waals surface area (Å²) in [6.45, 7) is 3.66. The fourth-order valence-electron chi connectivity index (χ4n) is 1.47. The van der Waals surface area contributed by atoms with E-state index in [1.807, 2.05) is 0 Å². The fourth-order valence-corrected chi connectivity index (χ4v) is 1.47. The second-order valence-electron chi connectivity index (χ2n) is 3.77. The number of allylic oxidation sites excluding steroid dienone is 2. The molecule has 1 aromatic heterocycles. The van der Waals surface area contributed by atoms with Crippen LogP contribution in [0.3, 0.4) is 0 Å². The molecule has 1 aromatic carbocycles. The summed E-state index contributed by atoms with van der Waals surface area (Å²) in [4.78, 5) is 4.14. The first-order valence-electron chi connectivity index (χ1n) is 5.83. The minimum absolute atomic E-state index is 0.0469. The number of aromatic nitrogens is 2. The molecule has 0 saturated carbocycles. The molecule has 0 aliphatic carbocycles. The lowest BCUT2D eigenvalue weighted by molar-refractivity contribution is 0.192. The molecule has 0 spiro atoms. The quantitative estimate of drug-likeness (QED) is 0.644. The van der Waals surface area contributed by atoms with Crippen LogP contribution in [-0.2, 0) is 11.3 Å². The van der Waals surface area contributed by atoms with Crippen molar-refractivity contribution in [2.24, 2.45) is 0 Å². The van der Waals surface area contributed by atoms with Gasteiger partial charge < -0.3 is 19.1 Å². The molecule has 104 valence electrons. The van der Waals surface area contributed by atoms with Gasteiger partial charge >= 0.3 is 0 Å². The Bertz CT molecular complexity index is 619. The second-order valence-corrected chi connectivity index (χ2v) is 3.77. The van der Waals surface area contributed by atoms with Gasteiger partial charge in [0, 0.05) is 0 Å². The van der Waals surface area contributed by atoms with Gasteiger partial charge in [0.05, 0.1) is 18.9 Å². The molecule has 0 bridgehead atoms. The zero-order valence-electron chi connectivity index (χ0n) is 10.9. The zero-order chi connectivity index (χ0) is 14.4. The molecule has 20 heavy (non-hydrogen) atoms. The van der Waals surface area contributed by atoms with Gasteiger partial charge in [-0.05, 0) is 24.3 Å². The van der Waals surface area contributed by atoms with Crippen LogP contribution in [0.5, 0.6) is 11.5 Å². The predicted octanol–water partition coefficient (Wildman–Crippen LogP) is 2.67. The third kappa shape index (κ3) is 3.17. The van der Waals surface area contributed by atoms with Gasteiger partial charge in [-0.2, -0.15) is 4.98 Å². The van der Waals surface area contributed by atoms with Crippen LogP contribution in [0.25, 0.3) is 11.4 Å². The normalized spacial score (nSPS) is 10.7. The molecule has 0 fully saturated rings. The van der Waals surface area contributed by atoms with Crippen molar-refractivity contribution in [1.82, 2.24) is 10.1 Å². The minimum Gasteiger partial charge on any atom is -0.507 e. The van der Waals surface area contributed by atoms with E-state index < -0.39 is 0 Å². The van der Waals surface area contributed by atoms with Crippen LogP contribution in [0, 0.1) is 0 Å². The van der Waals surface area contributed by atoms with Gasteiger partial charge in [-0.25, -0.2) is 0 Å². The van der Waals surface area contributed by atoms with Crippen molar-refractivity contribution in [3.05, 3.63) is 49.1 Å². The first-order valence-corrected chi connectivity index (χ1v) is 5.83. The third-order valence-electron chi connectivity index (χ3n) is 2.43. The van der Waals surface area contributed by atoms with Crippen molar-refractivity contribution < 1.29 is 19.1 Å². The Balaban J connectivity index is 2.15.